The molecule has 0 fully saturated rings. The van der Waals surface area contributed by atoms with Crippen LogP contribution in [0.2, 0.25) is 0 Å². The fourth-order valence-electron chi connectivity index (χ4n) is 0.816. The zero-order valence-corrected chi connectivity index (χ0v) is 6.67. The summed E-state index contributed by atoms with van der Waals surface area (Å²) in [4.78, 5) is 11.1. The number of rotatable bonds is 2. The molecule has 0 aliphatic heterocycles. The van der Waals surface area contributed by atoms with Crippen molar-refractivity contribution in [1.82, 2.24) is 5.32 Å². The molecular formula is C9H9FNO. The maximum atomic E-state index is 12.4. The van der Waals surface area contributed by atoms with Gasteiger partial charge in [-0.2, -0.15) is 0 Å². The molecule has 0 aromatic heterocycles. The summed E-state index contributed by atoms with van der Waals surface area (Å²) in [6, 6.07) is 5.39. The summed E-state index contributed by atoms with van der Waals surface area (Å²) < 4.78 is 12.4. The molecule has 0 heterocycles. The van der Waals surface area contributed by atoms with Crippen molar-refractivity contribution in [3.05, 3.63) is 42.2 Å². The summed E-state index contributed by atoms with van der Waals surface area (Å²) in [7, 11) is 0. The molecule has 0 saturated carbocycles. The second-order valence-corrected chi connectivity index (χ2v) is 2.27. The Morgan fingerprint density at radius 1 is 1.42 bits per heavy atom. The predicted octanol–water partition coefficient (Wildman–Crippen LogP) is 1.74. The summed E-state index contributed by atoms with van der Waals surface area (Å²) >= 11 is 0. The van der Waals surface area contributed by atoms with E-state index in [9.17, 15) is 9.18 Å². The molecule has 12 heavy (non-hydrogen) atoms. The highest BCUT2D eigenvalue weighted by atomic mass is 19.1. The van der Waals surface area contributed by atoms with Gasteiger partial charge in [0.2, 0.25) is 0 Å². The minimum Gasteiger partial charge on any atom is -0.348 e. The topological polar surface area (TPSA) is 29.1 Å². The Balaban J connectivity index is 2.75. The van der Waals surface area contributed by atoms with E-state index in [0.29, 0.717) is 5.56 Å². The molecule has 1 rings (SSSR count). The van der Waals surface area contributed by atoms with Crippen LogP contribution in [0.3, 0.4) is 0 Å². The normalized spacial score (nSPS) is 9.50. The minimum absolute atomic E-state index is 0.225. The number of carbonyl (C=O) groups excluding carboxylic acids is 1. The van der Waals surface area contributed by atoms with Gasteiger partial charge in [0.15, 0.2) is 0 Å². The van der Waals surface area contributed by atoms with Gasteiger partial charge in [-0.1, -0.05) is 0 Å². The molecule has 1 radical (unpaired) electrons. The molecule has 0 bridgehead atoms. The monoisotopic (exact) mass is 166 g/mol. The van der Waals surface area contributed by atoms with E-state index in [4.69, 9.17) is 0 Å². The fourth-order valence-corrected chi connectivity index (χ4v) is 0.816. The van der Waals surface area contributed by atoms with Crippen LogP contribution in [0.1, 0.15) is 17.3 Å². The Bertz CT molecular complexity index is 268. The predicted molar refractivity (Wildman–Crippen MR) is 43.8 cm³/mol. The molecule has 1 N–H and O–H groups in total. The molecule has 2 nitrogen and oxygen atoms in total. The summed E-state index contributed by atoms with van der Waals surface area (Å²) in [6.45, 7) is 3.24. The van der Waals surface area contributed by atoms with Gasteiger partial charge < -0.3 is 5.32 Å². The highest BCUT2D eigenvalue weighted by Crippen LogP contribution is 2.02. The van der Waals surface area contributed by atoms with Crippen molar-refractivity contribution in [2.45, 2.75) is 6.92 Å². The molecule has 1 amide bonds. The molecule has 0 spiro atoms. The maximum absolute atomic E-state index is 12.4. The first-order valence-corrected chi connectivity index (χ1v) is 3.58. The van der Waals surface area contributed by atoms with Gasteiger partial charge in [-0.3, -0.25) is 4.79 Å². The van der Waals surface area contributed by atoms with Crippen molar-refractivity contribution in [2.75, 3.05) is 0 Å². The Morgan fingerprint density at radius 2 is 2.00 bits per heavy atom. The van der Waals surface area contributed by atoms with E-state index in [-0.39, 0.29) is 11.7 Å². The molecule has 1 aromatic rings. The van der Waals surface area contributed by atoms with Gasteiger partial charge >= 0.3 is 0 Å². The summed E-state index contributed by atoms with van der Waals surface area (Å²) in [5.41, 5.74) is 0.453. The molecular weight excluding hydrogens is 157 g/mol. The first-order valence-electron chi connectivity index (χ1n) is 3.58. The van der Waals surface area contributed by atoms with E-state index in [2.05, 4.69) is 5.32 Å². The van der Waals surface area contributed by atoms with Crippen LogP contribution in [0.15, 0.2) is 24.3 Å². The van der Waals surface area contributed by atoms with Crippen LogP contribution >= 0.6 is 0 Å². The van der Waals surface area contributed by atoms with Crippen molar-refractivity contribution in [3.63, 3.8) is 0 Å². The SMILES string of the molecule is C[CH]NC(=O)c1ccc(F)cc1. The Morgan fingerprint density at radius 3 is 2.50 bits per heavy atom. The average molecular weight is 166 g/mol. The minimum atomic E-state index is -0.341. The third-order valence-corrected chi connectivity index (χ3v) is 1.38. The fraction of sp³-hybridized carbons (Fsp3) is 0.111. The van der Waals surface area contributed by atoms with E-state index in [0.717, 1.165) is 0 Å². The zero-order valence-electron chi connectivity index (χ0n) is 6.67. The Kier molecular flexibility index (Phi) is 2.80. The van der Waals surface area contributed by atoms with Crippen LogP contribution in [0, 0.1) is 12.4 Å². The third-order valence-electron chi connectivity index (χ3n) is 1.38. The highest BCUT2D eigenvalue weighted by Gasteiger charge is 2.02. The van der Waals surface area contributed by atoms with Crippen LogP contribution < -0.4 is 5.32 Å². The Hall–Kier alpha value is -1.38. The van der Waals surface area contributed by atoms with Crippen molar-refractivity contribution in [3.8, 4) is 0 Å². The average Bonchev–Trinajstić information content (AvgIpc) is 2.06. The maximum Gasteiger partial charge on any atom is 0.251 e. The second kappa shape index (κ2) is 3.85. The summed E-state index contributed by atoms with van der Waals surface area (Å²) in [6.07, 6.45) is 0. The van der Waals surface area contributed by atoms with Crippen LogP contribution in [-0.4, -0.2) is 5.91 Å². The van der Waals surface area contributed by atoms with E-state index in [1.54, 1.807) is 6.92 Å². The van der Waals surface area contributed by atoms with Gasteiger partial charge in [-0.25, -0.2) is 4.39 Å². The van der Waals surface area contributed by atoms with Gasteiger partial charge in [0.1, 0.15) is 5.82 Å². The van der Waals surface area contributed by atoms with E-state index in [1.165, 1.54) is 30.8 Å². The van der Waals surface area contributed by atoms with Crippen molar-refractivity contribution >= 4 is 5.91 Å². The third kappa shape index (κ3) is 2.05. The van der Waals surface area contributed by atoms with Gasteiger partial charge in [0, 0.05) is 12.1 Å². The van der Waals surface area contributed by atoms with Gasteiger partial charge in [-0.05, 0) is 31.2 Å². The van der Waals surface area contributed by atoms with E-state index in [1.807, 2.05) is 0 Å². The smallest absolute Gasteiger partial charge is 0.251 e. The number of benzene rings is 1. The largest absolute Gasteiger partial charge is 0.348 e. The van der Waals surface area contributed by atoms with Crippen LogP contribution in [0.4, 0.5) is 4.39 Å². The first kappa shape index (κ1) is 8.71. The lowest BCUT2D eigenvalue weighted by molar-refractivity contribution is 0.0964. The van der Waals surface area contributed by atoms with Crippen LogP contribution in [-0.2, 0) is 0 Å². The first-order chi connectivity index (χ1) is 5.74. The zero-order chi connectivity index (χ0) is 8.97. The van der Waals surface area contributed by atoms with Gasteiger partial charge in [0.25, 0.3) is 5.91 Å². The summed E-state index contributed by atoms with van der Waals surface area (Å²) in [5.74, 6) is -0.565. The number of halogens is 1. The van der Waals surface area contributed by atoms with Gasteiger partial charge in [0.05, 0.1) is 0 Å². The van der Waals surface area contributed by atoms with E-state index < -0.39 is 0 Å². The molecule has 0 aliphatic rings. The second-order valence-electron chi connectivity index (χ2n) is 2.27. The van der Waals surface area contributed by atoms with Crippen molar-refractivity contribution in [2.24, 2.45) is 0 Å². The number of nitrogens with one attached hydrogen (secondary N) is 1. The molecule has 0 atom stereocenters. The standard InChI is InChI=1S/C9H9FNO/c1-2-11-9(12)7-3-5-8(10)6-4-7/h2-6H,1H3,(H,11,12). The molecule has 3 heteroatoms. The number of carbonyl (C=O) groups is 1. The summed E-state index contributed by atoms with van der Waals surface area (Å²) in [5, 5.41) is 2.49. The molecule has 0 saturated heterocycles. The highest BCUT2D eigenvalue weighted by molar-refractivity contribution is 5.94. The lowest BCUT2D eigenvalue weighted by atomic mass is 10.2. The van der Waals surface area contributed by atoms with Crippen molar-refractivity contribution < 1.29 is 9.18 Å². The quantitative estimate of drug-likeness (QED) is 0.712. The molecule has 63 valence electrons. The lowest BCUT2D eigenvalue weighted by Gasteiger charge is -1.99. The van der Waals surface area contributed by atoms with Crippen molar-refractivity contribution in [1.29, 1.82) is 0 Å². The number of hydrogen-bond acceptors (Lipinski definition) is 1. The Labute approximate surface area is 70.4 Å². The molecule has 0 aliphatic carbocycles. The number of amides is 1. The molecule has 0 unspecified atom stereocenters. The lowest BCUT2D eigenvalue weighted by Crippen LogP contribution is -2.18. The van der Waals surface area contributed by atoms with Gasteiger partial charge in [-0.15, -0.1) is 0 Å². The van der Waals surface area contributed by atoms with E-state index >= 15 is 0 Å². The van der Waals surface area contributed by atoms with Crippen LogP contribution in [0.25, 0.3) is 0 Å². The molecule has 1 aromatic carbocycles. The number of hydrogen-bond donors (Lipinski definition) is 1. The van der Waals surface area contributed by atoms with Crippen LogP contribution in [0.5, 0.6) is 0 Å².